The van der Waals surface area contributed by atoms with E-state index in [1.165, 1.54) is 6.42 Å². The van der Waals surface area contributed by atoms with Crippen molar-refractivity contribution in [1.82, 2.24) is 0 Å². The van der Waals surface area contributed by atoms with Gasteiger partial charge in [-0.2, -0.15) is 0 Å². The van der Waals surface area contributed by atoms with E-state index in [4.69, 9.17) is 10.4 Å². The lowest BCUT2D eigenvalue weighted by Crippen LogP contribution is -2.48. The highest BCUT2D eigenvalue weighted by molar-refractivity contribution is 6.10. The van der Waals surface area contributed by atoms with Gasteiger partial charge in [0.2, 0.25) is 0 Å². The first kappa shape index (κ1) is 7.25. The fourth-order valence-corrected chi connectivity index (χ4v) is 6.13. The SMILES string of the molecule is O/N=C1/[C@@H]2[C@@H]3C[C@@H]4[C@H]2/C(=N/O)[C@H]2[C@@H]1[C@H]3[C@H]42. The minimum atomic E-state index is 0.427. The molecule has 2 bridgehead atoms. The Morgan fingerprint density at radius 1 is 0.800 bits per heavy atom. The minimum Gasteiger partial charge on any atom is -0.411 e. The summed E-state index contributed by atoms with van der Waals surface area (Å²) in [5.41, 5.74) is 2.09. The van der Waals surface area contributed by atoms with Crippen molar-refractivity contribution in [3.05, 3.63) is 0 Å². The summed E-state index contributed by atoms with van der Waals surface area (Å²) in [6, 6.07) is 0. The van der Waals surface area contributed by atoms with Gasteiger partial charge in [-0.05, 0) is 30.1 Å². The van der Waals surface area contributed by atoms with Crippen molar-refractivity contribution in [2.45, 2.75) is 6.42 Å². The van der Waals surface area contributed by atoms with Crippen LogP contribution in [-0.2, 0) is 0 Å². The molecule has 0 radical (unpaired) electrons. The largest absolute Gasteiger partial charge is 0.411 e. The molecule has 0 unspecified atom stereocenters. The molecule has 0 saturated heterocycles. The Bertz CT molecular complexity index is 400. The third-order valence-corrected chi connectivity index (χ3v) is 6.10. The summed E-state index contributed by atoms with van der Waals surface area (Å²) in [6.45, 7) is 0. The zero-order chi connectivity index (χ0) is 9.89. The Kier molecular flexibility index (Phi) is 0.874. The monoisotopic (exact) mass is 204 g/mol. The van der Waals surface area contributed by atoms with Crippen LogP contribution in [0.15, 0.2) is 10.3 Å². The summed E-state index contributed by atoms with van der Waals surface area (Å²) in [6.07, 6.45) is 1.29. The standard InChI is InChI=1S/C11H12N2O2/c14-12-10-6-2-1-3-5-4(2)8(10)9(5)11(13-15)7(3)6/h2-9,14-15H,1H2/b12-10-,13-11-/t2-,3+,4-,5+,6-,7-,8+,9-/m1/s1. The van der Waals surface area contributed by atoms with E-state index in [2.05, 4.69) is 10.3 Å². The van der Waals surface area contributed by atoms with Gasteiger partial charge in [-0.1, -0.05) is 10.3 Å². The Balaban J connectivity index is 1.83. The minimum absolute atomic E-state index is 0.427. The van der Waals surface area contributed by atoms with E-state index >= 15 is 0 Å². The Labute approximate surface area is 86.6 Å². The van der Waals surface area contributed by atoms with Crippen LogP contribution in [-0.4, -0.2) is 21.8 Å². The Morgan fingerprint density at radius 3 is 1.67 bits per heavy atom. The summed E-state index contributed by atoms with van der Waals surface area (Å²) in [5, 5.41) is 25.4. The molecule has 15 heavy (non-hydrogen) atoms. The molecule has 5 fully saturated rings. The fraction of sp³-hybridized carbons (Fsp3) is 0.818. The first-order valence-electron chi connectivity index (χ1n) is 5.82. The number of fused-ring (bicyclic) bond motifs is 2. The van der Waals surface area contributed by atoms with Gasteiger partial charge < -0.3 is 10.4 Å². The van der Waals surface area contributed by atoms with Crippen molar-refractivity contribution in [1.29, 1.82) is 0 Å². The summed E-state index contributed by atoms with van der Waals surface area (Å²) >= 11 is 0. The van der Waals surface area contributed by atoms with Gasteiger partial charge >= 0.3 is 0 Å². The molecule has 4 heteroatoms. The summed E-state index contributed by atoms with van der Waals surface area (Å²) < 4.78 is 0. The maximum absolute atomic E-state index is 9.13. The second-order valence-electron chi connectivity index (χ2n) is 5.87. The number of rotatable bonds is 0. The number of hydrogen-bond donors (Lipinski definition) is 2. The molecule has 4 nitrogen and oxygen atoms in total. The predicted octanol–water partition coefficient (Wildman–Crippen LogP) is 1.03. The zero-order valence-electron chi connectivity index (χ0n) is 8.11. The van der Waals surface area contributed by atoms with Gasteiger partial charge in [-0.25, -0.2) is 0 Å². The average molecular weight is 204 g/mol. The average Bonchev–Trinajstić information content (AvgIpc) is 2.73. The van der Waals surface area contributed by atoms with Crippen molar-refractivity contribution < 1.29 is 10.4 Å². The maximum atomic E-state index is 9.13. The highest BCUT2D eigenvalue weighted by Crippen LogP contribution is 2.80. The van der Waals surface area contributed by atoms with Crippen LogP contribution in [0, 0.1) is 47.3 Å². The molecule has 0 aliphatic heterocycles. The van der Waals surface area contributed by atoms with Gasteiger partial charge in [-0.15, -0.1) is 0 Å². The van der Waals surface area contributed by atoms with E-state index in [1.54, 1.807) is 0 Å². The van der Waals surface area contributed by atoms with Crippen molar-refractivity contribution in [2.24, 2.45) is 57.7 Å². The molecule has 0 heterocycles. The highest BCUT2D eigenvalue weighted by atomic mass is 16.4. The number of hydrogen-bond acceptors (Lipinski definition) is 4. The third-order valence-electron chi connectivity index (χ3n) is 6.10. The van der Waals surface area contributed by atoms with E-state index in [0.717, 1.165) is 35.1 Å². The van der Waals surface area contributed by atoms with Gasteiger partial charge in [0.25, 0.3) is 0 Å². The number of oxime groups is 2. The molecule has 2 N–H and O–H groups in total. The Hall–Kier alpha value is -1.06. The molecule has 0 aromatic carbocycles. The molecule has 0 spiro atoms. The van der Waals surface area contributed by atoms with Crippen LogP contribution in [0.25, 0.3) is 0 Å². The first-order chi connectivity index (χ1) is 7.38. The number of nitrogens with zero attached hydrogens (tertiary/aromatic N) is 2. The van der Waals surface area contributed by atoms with Gasteiger partial charge in [0.15, 0.2) is 0 Å². The lowest BCUT2D eigenvalue weighted by atomic mass is 9.59. The predicted molar refractivity (Wildman–Crippen MR) is 51.0 cm³/mol. The normalized spacial score (nSPS) is 71.2. The molecule has 0 amide bonds. The molecule has 0 aromatic heterocycles. The molecule has 5 saturated carbocycles. The molecule has 5 rings (SSSR count). The van der Waals surface area contributed by atoms with Crippen LogP contribution in [0.4, 0.5) is 0 Å². The van der Waals surface area contributed by atoms with Crippen LogP contribution in [0.1, 0.15) is 6.42 Å². The van der Waals surface area contributed by atoms with Gasteiger partial charge in [0.05, 0.1) is 11.4 Å². The lowest BCUT2D eigenvalue weighted by Gasteiger charge is -2.44. The lowest BCUT2D eigenvalue weighted by molar-refractivity contribution is 0.0644. The highest BCUT2D eigenvalue weighted by Gasteiger charge is 2.82. The summed E-state index contributed by atoms with van der Waals surface area (Å²) in [4.78, 5) is 0. The second kappa shape index (κ2) is 1.81. The maximum Gasteiger partial charge on any atom is 0.0651 e. The molecule has 0 aromatic rings. The van der Waals surface area contributed by atoms with Crippen LogP contribution >= 0.6 is 0 Å². The molecule has 5 aliphatic carbocycles. The molecular formula is C11H12N2O2. The first-order valence-corrected chi connectivity index (χ1v) is 5.82. The van der Waals surface area contributed by atoms with Crippen molar-refractivity contribution in [3.8, 4) is 0 Å². The van der Waals surface area contributed by atoms with Gasteiger partial charge in [0, 0.05) is 23.7 Å². The topological polar surface area (TPSA) is 65.2 Å². The zero-order valence-corrected chi connectivity index (χ0v) is 8.11. The van der Waals surface area contributed by atoms with Gasteiger partial charge in [0.1, 0.15) is 0 Å². The van der Waals surface area contributed by atoms with Crippen LogP contribution in [0.5, 0.6) is 0 Å². The van der Waals surface area contributed by atoms with E-state index in [9.17, 15) is 0 Å². The summed E-state index contributed by atoms with van der Waals surface area (Å²) in [7, 11) is 0. The van der Waals surface area contributed by atoms with Crippen LogP contribution in [0.2, 0.25) is 0 Å². The second-order valence-corrected chi connectivity index (χ2v) is 5.87. The third kappa shape index (κ3) is 0.446. The smallest absolute Gasteiger partial charge is 0.0651 e. The Morgan fingerprint density at radius 2 is 1.27 bits per heavy atom. The van der Waals surface area contributed by atoms with Crippen molar-refractivity contribution >= 4 is 11.4 Å². The molecule has 78 valence electrons. The van der Waals surface area contributed by atoms with Crippen LogP contribution in [0.3, 0.4) is 0 Å². The van der Waals surface area contributed by atoms with E-state index in [0.29, 0.717) is 23.7 Å². The quantitative estimate of drug-likeness (QED) is 0.457. The van der Waals surface area contributed by atoms with Crippen molar-refractivity contribution in [3.63, 3.8) is 0 Å². The molecule has 5 aliphatic rings. The van der Waals surface area contributed by atoms with Gasteiger partial charge in [-0.3, -0.25) is 0 Å². The van der Waals surface area contributed by atoms with E-state index in [-0.39, 0.29) is 0 Å². The molecular weight excluding hydrogens is 192 g/mol. The summed E-state index contributed by atoms with van der Waals surface area (Å²) in [5.74, 6) is 4.76. The molecule has 8 atom stereocenters. The fourth-order valence-electron chi connectivity index (χ4n) is 6.13. The van der Waals surface area contributed by atoms with E-state index < -0.39 is 0 Å². The van der Waals surface area contributed by atoms with Crippen molar-refractivity contribution in [2.75, 3.05) is 0 Å². The van der Waals surface area contributed by atoms with E-state index in [1.807, 2.05) is 0 Å². The van der Waals surface area contributed by atoms with Crippen LogP contribution < -0.4 is 0 Å².